The Labute approximate surface area is 129 Å². The van der Waals surface area contributed by atoms with Crippen molar-refractivity contribution >= 4 is 45.5 Å². The summed E-state index contributed by atoms with van der Waals surface area (Å²) in [4.78, 5) is 35.6. The second-order valence-electron chi connectivity index (χ2n) is 4.59. The van der Waals surface area contributed by atoms with E-state index in [2.05, 4.69) is 21.2 Å². The number of halogens is 1. The van der Waals surface area contributed by atoms with Crippen molar-refractivity contribution in [1.82, 2.24) is 5.32 Å². The zero-order chi connectivity index (χ0) is 15.6. The average molecular weight is 353 g/mol. The van der Waals surface area contributed by atoms with Gasteiger partial charge in [-0.15, -0.1) is 0 Å². The lowest BCUT2D eigenvalue weighted by molar-refractivity contribution is -0.133. The first-order valence-corrected chi connectivity index (χ1v) is 6.98. The molecule has 1 aromatic rings. The zero-order valence-corrected chi connectivity index (χ0v) is 12.8. The number of rotatable bonds is 3. The SMILES string of the molecule is CC1C(=O)NC(=O)CN1c1ccc(Br)cc1/C=C/C(=O)O. The molecule has 1 fully saturated rings. The van der Waals surface area contributed by atoms with Gasteiger partial charge in [0.05, 0.1) is 6.54 Å². The van der Waals surface area contributed by atoms with Gasteiger partial charge in [-0.05, 0) is 36.8 Å². The first kappa shape index (κ1) is 15.2. The third kappa shape index (κ3) is 3.49. The molecule has 1 unspecified atom stereocenters. The van der Waals surface area contributed by atoms with E-state index < -0.39 is 12.0 Å². The maximum atomic E-state index is 11.7. The van der Waals surface area contributed by atoms with E-state index in [0.29, 0.717) is 11.3 Å². The maximum Gasteiger partial charge on any atom is 0.328 e. The van der Waals surface area contributed by atoms with Crippen molar-refractivity contribution in [3.63, 3.8) is 0 Å². The number of benzene rings is 1. The van der Waals surface area contributed by atoms with Crippen LogP contribution in [0.2, 0.25) is 0 Å². The highest BCUT2D eigenvalue weighted by Gasteiger charge is 2.31. The lowest BCUT2D eigenvalue weighted by atomic mass is 10.1. The third-order valence-corrected chi connectivity index (χ3v) is 3.62. The molecule has 1 atom stereocenters. The molecule has 0 aromatic heterocycles. The molecule has 1 heterocycles. The second-order valence-corrected chi connectivity index (χ2v) is 5.51. The number of carbonyl (C=O) groups is 3. The summed E-state index contributed by atoms with van der Waals surface area (Å²) in [6, 6.07) is 4.74. The molecule has 1 saturated heterocycles. The van der Waals surface area contributed by atoms with E-state index >= 15 is 0 Å². The number of carboxylic acids is 1. The first-order valence-electron chi connectivity index (χ1n) is 6.19. The summed E-state index contributed by atoms with van der Waals surface area (Å²) in [5.41, 5.74) is 1.24. The normalized spacial score (nSPS) is 19.0. The fourth-order valence-electron chi connectivity index (χ4n) is 2.09. The predicted octanol–water partition coefficient (Wildman–Crippen LogP) is 1.40. The molecule has 0 bridgehead atoms. The number of aliphatic carboxylic acids is 1. The summed E-state index contributed by atoms with van der Waals surface area (Å²) < 4.78 is 0.775. The van der Waals surface area contributed by atoms with Crippen LogP contribution in [0.4, 0.5) is 5.69 Å². The van der Waals surface area contributed by atoms with Crippen LogP contribution in [0.5, 0.6) is 0 Å². The Morgan fingerprint density at radius 1 is 1.48 bits per heavy atom. The van der Waals surface area contributed by atoms with E-state index in [1.54, 1.807) is 30.0 Å². The van der Waals surface area contributed by atoms with Crippen LogP contribution in [0.15, 0.2) is 28.7 Å². The predicted molar refractivity (Wildman–Crippen MR) is 80.8 cm³/mol. The monoisotopic (exact) mass is 352 g/mol. The van der Waals surface area contributed by atoms with Gasteiger partial charge in [0.2, 0.25) is 11.8 Å². The highest BCUT2D eigenvalue weighted by molar-refractivity contribution is 9.10. The van der Waals surface area contributed by atoms with E-state index in [1.807, 2.05) is 0 Å². The first-order chi connectivity index (χ1) is 9.88. The number of nitrogens with one attached hydrogen (secondary N) is 1. The van der Waals surface area contributed by atoms with Crippen molar-refractivity contribution in [3.05, 3.63) is 34.3 Å². The smallest absolute Gasteiger partial charge is 0.328 e. The Balaban J connectivity index is 2.44. The molecular weight excluding hydrogens is 340 g/mol. The van der Waals surface area contributed by atoms with Crippen LogP contribution in [0, 0.1) is 0 Å². The Morgan fingerprint density at radius 3 is 2.86 bits per heavy atom. The standard InChI is InChI=1S/C14H13BrN2O4/c1-8-14(21)16-12(18)7-17(8)11-4-3-10(15)6-9(11)2-5-13(19)20/h2-6,8H,7H2,1H3,(H,19,20)(H,16,18,21)/b5-2+. The summed E-state index contributed by atoms with van der Waals surface area (Å²) in [5.74, 6) is -1.82. The van der Waals surface area contributed by atoms with Crippen LogP contribution in [0.25, 0.3) is 6.08 Å². The molecule has 2 N–H and O–H groups in total. The molecule has 1 aromatic carbocycles. The fraction of sp³-hybridized carbons (Fsp3) is 0.214. The van der Waals surface area contributed by atoms with E-state index in [1.165, 1.54) is 6.08 Å². The van der Waals surface area contributed by atoms with Gasteiger partial charge in [-0.1, -0.05) is 15.9 Å². The summed E-state index contributed by atoms with van der Waals surface area (Å²) in [7, 11) is 0. The highest BCUT2D eigenvalue weighted by atomic mass is 79.9. The molecular formula is C14H13BrN2O4. The molecule has 1 aliphatic heterocycles. The Kier molecular flexibility index (Phi) is 4.42. The molecule has 6 nitrogen and oxygen atoms in total. The van der Waals surface area contributed by atoms with Crippen molar-refractivity contribution in [2.45, 2.75) is 13.0 Å². The zero-order valence-electron chi connectivity index (χ0n) is 11.2. The fourth-order valence-corrected chi connectivity index (χ4v) is 2.47. The van der Waals surface area contributed by atoms with Gasteiger partial charge >= 0.3 is 5.97 Å². The van der Waals surface area contributed by atoms with Crippen molar-refractivity contribution in [3.8, 4) is 0 Å². The van der Waals surface area contributed by atoms with Gasteiger partial charge in [-0.3, -0.25) is 14.9 Å². The molecule has 2 amide bonds. The number of carbonyl (C=O) groups excluding carboxylic acids is 2. The molecule has 2 rings (SSSR count). The van der Waals surface area contributed by atoms with E-state index in [-0.39, 0.29) is 18.4 Å². The van der Waals surface area contributed by atoms with Gasteiger partial charge in [0, 0.05) is 16.2 Å². The van der Waals surface area contributed by atoms with Gasteiger partial charge in [0.1, 0.15) is 6.04 Å². The van der Waals surface area contributed by atoms with Crippen molar-refractivity contribution in [1.29, 1.82) is 0 Å². The van der Waals surface area contributed by atoms with Gasteiger partial charge in [-0.25, -0.2) is 4.79 Å². The number of imide groups is 1. The van der Waals surface area contributed by atoms with Crippen LogP contribution in [0.1, 0.15) is 12.5 Å². The van der Waals surface area contributed by atoms with E-state index in [9.17, 15) is 14.4 Å². The number of anilines is 1. The Bertz CT molecular complexity index is 642. The maximum absolute atomic E-state index is 11.7. The highest BCUT2D eigenvalue weighted by Crippen LogP contribution is 2.28. The van der Waals surface area contributed by atoms with Crippen LogP contribution < -0.4 is 10.2 Å². The second kappa shape index (κ2) is 6.09. The summed E-state index contributed by atoms with van der Waals surface area (Å²) in [5, 5.41) is 11.0. The molecule has 0 saturated carbocycles. The molecule has 21 heavy (non-hydrogen) atoms. The molecule has 110 valence electrons. The number of hydrogen-bond donors (Lipinski definition) is 2. The Morgan fingerprint density at radius 2 is 2.19 bits per heavy atom. The number of nitrogens with zero attached hydrogens (tertiary/aromatic N) is 1. The van der Waals surface area contributed by atoms with Crippen LogP contribution in [-0.4, -0.2) is 35.5 Å². The lowest BCUT2D eigenvalue weighted by Gasteiger charge is -2.34. The number of amides is 2. The molecule has 0 spiro atoms. The van der Waals surface area contributed by atoms with Gasteiger partial charge in [-0.2, -0.15) is 0 Å². The average Bonchev–Trinajstić information content (AvgIpc) is 2.41. The van der Waals surface area contributed by atoms with Crippen molar-refractivity contribution in [2.24, 2.45) is 0 Å². The Hall–Kier alpha value is -2.15. The van der Waals surface area contributed by atoms with Crippen LogP contribution in [-0.2, 0) is 14.4 Å². The number of piperazine rings is 1. The molecule has 0 aliphatic carbocycles. The van der Waals surface area contributed by atoms with Gasteiger partial charge < -0.3 is 10.0 Å². The van der Waals surface area contributed by atoms with E-state index in [4.69, 9.17) is 5.11 Å². The summed E-state index contributed by atoms with van der Waals surface area (Å²) in [6.45, 7) is 1.73. The van der Waals surface area contributed by atoms with Gasteiger partial charge in [0.25, 0.3) is 0 Å². The quantitative estimate of drug-likeness (QED) is 0.634. The minimum atomic E-state index is -1.07. The van der Waals surface area contributed by atoms with Crippen molar-refractivity contribution in [2.75, 3.05) is 11.4 Å². The topological polar surface area (TPSA) is 86.7 Å². The summed E-state index contributed by atoms with van der Waals surface area (Å²) >= 11 is 3.32. The number of carboxylic acid groups (broad SMARTS) is 1. The minimum Gasteiger partial charge on any atom is -0.478 e. The molecule has 0 radical (unpaired) electrons. The third-order valence-electron chi connectivity index (χ3n) is 3.13. The lowest BCUT2D eigenvalue weighted by Crippen LogP contribution is -2.57. The van der Waals surface area contributed by atoms with Crippen LogP contribution in [0.3, 0.4) is 0 Å². The number of hydrogen-bond acceptors (Lipinski definition) is 4. The largest absolute Gasteiger partial charge is 0.478 e. The van der Waals surface area contributed by atoms with E-state index in [0.717, 1.165) is 10.5 Å². The van der Waals surface area contributed by atoms with Crippen molar-refractivity contribution < 1.29 is 19.5 Å². The summed E-state index contributed by atoms with van der Waals surface area (Å²) in [6.07, 6.45) is 2.45. The molecule has 1 aliphatic rings. The molecule has 7 heteroatoms. The van der Waals surface area contributed by atoms with Crippen LogP contribution >= 0.6 is 15.9 Å². The van der Waals surface area contributed by atoms with Gasteiger partial charge in [0.15, 0.2) is 0 Å². The minimum absolute atomic E-state index is 0.0441.